The fourth-order valence-corrected chi connectivity index (χ4v) is 2.55. The average molecular weight is 313 g/mol. The van der Waals surface area contributed by atoms with Crippen LogP contribution in [0.2, 0.25) is 0 Å². The van der Waals surface area contributed by atoms with E-state index in [1.54, 1.807) is 0 Å². The lowest BCUT2D eigenvalue weighted by molar-refractivity contribution is 0.650. The molecular weight excluding hydrogens is 298 g/mol. The van der Waals surface area contributed by atoms with Crippen molar-refractivity contribution in [2.75, 3.05) is 0 Å². The quantitative estimate of drug-likeness (QED) is 0.579. The third-order valence-corrected chi connectivity index (χ3v) is 3.80. The van der Waals surface area contributed by atoms with Crippen LogP contribution >= 0.6 is 0 Å². The number of aromatic nitrogens is 5. The molecule has 0 saturated carbocycles. The summed E-state index contributed by atoms with van der Waals surface area (Å²) < 4.78 is 1.85. The fraction of sp³-hybridized carbons (Fsp3) is 0.0526. The molecule has 0 radical (unpaired) electrons. The van der Waals surface area contributed by atoms with E-state index in [4.69, 9.17) is 0 Å². The Balaban J connectivity index is 1.51. The van der Waals surface area contributed by atoms with Gasteiger partial charge < -0.3 is 0 Å². The highest BCUT2D eigenvalue weighted by atomic mass is 15.4. The molecule has 5 nitrogen and oxygen atoms in total. The molecule has 0 bridgehead atoms. The number of hydrogen-bond acceptors (Lipinski definition) is 4. The molecule has 0 spiro atoms. The topological polar surface area (TPSA) is 56.5 Å². The van der Waals surface area contributed by atoms with Crippen LogP contribution in [0.4, 0.5) is 0 Å². The second kappa shape index (κ2) is 6.42. The monoisotopic (exact) mass is 313 g/mol. The van der Waals surface area contributed by atoms with E-state index in [1.807, 2.05) is 53.6 Å². The molecule has 4 rings (SSSR count). The van der Waals surface area contributed by atoms with E-state index in [1.165, 1.54) is 11.9 Å². The minimum atomic E-state index is 0.686. The first kappa shape index (κ1) is 14.3. The zero-order chi connectivity index (χ0) is 16.2. The van der Waals surface area contributed by atoms with Crippen LogP contribution in [-0.2, 0) is 6.54 Å². The van der Waals surface area contributed by atoms with Gasteiger partial charge in [0.25, 0.3) is 0 Å². The maximum absolute atomic E-state index is 4.24. The predicted octanol–water partition coefficient (Wildman–Crippen LogP) is 3.45. The van der Waals surface area contributed by atoms with E-state index in [2.05, 4.69) is 44.5 Å². The van der Waals surface area contributed by atoms with E-state index < -0.39 is 0 Å². The van der Waals surface area contributed by atoms with Gasteiger partial charge >= 0.3 is 0 Å². The van der Waals surface area contributed by atoms with Crippen LogP contribution in [0, 0.1) is 0 Å². The van der Waals surface area contributed by atoms with E-state index in [9.17, 15) is 0 Å². The minimum absolute atomic E-state index is 0.686. The number of nitrogens with zero attached hydrogens (tertiary/aromatic N) is 5. The maximum atomic E-state index is 4.24. The highest BCUT2D eigenvalue weighted by Crippen LogP contribution is 2.19. The molecule has 2 aromatic carbocycles. The summed E-state index contributed by atoms with van der Waals surface area (Å²) in [4.78, 5) is 8.10. The molecule has 5 heteroatoms. The standard InChI is InChI=1S/C19H15N5/c1-2-4-17(5-3-1)19-13-24(23-22-19)12-15-6-8-16(9-7-15)18-10-20-14-21-11-18/h1-11,13-14H,12H2. The third kappa shape index (κ3) is 3.05. The molecule has 0 N–H and O–H groups in total. The Hall–Kier alpha value is -3.34. The molecule has 4 aromatic rings. The van der Waals surface area contributed by atoms with Gasteiger partial charge in [0.15, 0.2) is 0 Å². The van der Waals surface area contributed by atoms with Gasteiger partial charge in [0.2, 0.25) is 0 Å². The maximum Gasteiger partial charge on any atom is 0.115 e. The summed E-state index contributed by atoms with van der Waals surface area (Å²) in [5, 5.41) is 8.46. The van der Waals surface area contributed by atoms with Crippen molar-refractivity contribution >= 4 is 0 Å². The van der Waals surface area contributed by atoms with E-state index in [0.717, 1.165) is 22.4 Å². The van der Waals surface area contributed by atoms with Crippen LogP contribution in [0.15, 0.2) is 79.5 Å². The Morgan fingerprint density at radius 1 is 0.750 bits per heavy atom. The molecular formula is C19H15N5. The van der Waals surface area contributed by atoms with Gasteiger partial charge in [-0.3, -0.25) is 0 Å². The molecule has 0 aliphatic rings. The molecule has 0 aliphatic heterocycles. The SMILES string of the molecule is c1ccc(-c2cn(Cc3ccc(-c4cncnc4)cc3)nn2)cc1. The van der Waals surface area contributed by atoms with Crippen LogP contribution in [-0.4, -0.2) is 25.0 Å². The summed E-state index contributed by atoms with van der Waals surface area (Å²) in [5.74, 6) is 0. The normalized spacial score (nSPS) is 10.7. The van der Waals surface area contributed by atoms with Gasteiger partial charge in [-0.1, -0.05) is 59.8 Å². The van der Waals surface area contributed by atoms with Crippen LogP contribution < -0.4 is 0 Å². The van der Waals surface area contributed by atoms with Crippen molar-refractivity contribution in [2.24, 2.45) is 0 Å². The number of hydrogen-bond donors (Lipinski definition) is 0. The Labute approximate surface area is 139 Å². The molecule has 0 aliphatic carbocycles. The summed E-state index contributed by atoms with van der Waals surface area (Å²) in [6.07, 6.45) is 7.12. The van der Waals surface area contributed by atoms with Crippen LogP contribution in [0.3, 0.4) is 0 Å². The first-order valence-electron chi connectivity index (χ1n) is 7.68. The molecule has 0 unspecified atom stereocenters. The van der Waals surface area contributed by atoms with E-state index in [-0.39, 0.29) is 0 Å². The minimum Gasteiger partial charge on any atom is -0.247 e. The average Bonchev–Trinajstić information content (AvgIpc) is 3.12. The summed E-state index contributed by atoms with van der Waals surface area (Å²) in [6.45, 7) is 0.686. The van der Waals surface area contributed by atoms with Crippen LogP contribution in [0.1, 0.15) is 5.56 Å². The zero-order valence-corrected chi connectivity index (χ0v) is 12.9. The lowest BCUT2D eigenvalue weighted by Gasteiger charge is -2.04. The Kier molecular flexibility index (Phi) is 3.81. The van der Waals surface area contributed by atoms with Crippen molar-refractivity contribution in [1.29, 1.82) is 0 Å². The molecule has 0 amide bonds. The predicted molar refractivity (Wildman–Crippen MR) is 92.0 cm³/mol. The van der Waals surface area contributed by atoms with Crippen molar-refractivity contribution < 1.29 is 0 Å². The van der Waals surface area contributed by atoms with Crippen molar-refractivity contribution in [3.63, 3.8) is 0 Å². The fourth-order valence-electron chi connectivity index (χ4n) is 2.55. The highest BCUT2D eigenvalue weighted by molar-refractivity contribution is 5.61. The van der Waals surface area contributed by atoms with Gasteiger partial charge in [-0.05, 0) is 11.1 Å². The third-order valence-electron chi connectivity index (χ3n) is 3.80. The molecule has 0 fully saturated rings. The summed E-state index contributed by atoms with van der Waals surface area (Å²) in [6, 6.07) is 18.4. The van der Waals surface area contributed by atoms with Crippen molar-refractivity contribution in [3.8, 4) is 22.4 Å². The second-order valence-corrected chi connectivity index (χ2v) is 5.49. The van der Waals surface area contributed by atoms with Gasteiger partial charge in [-0.2, -0.15) is 0 Å². The van der Waals surface area contributed by atoms with Crippen LogP contribution in [0.5, 0.6) is 0 Å². The van der Waals surface area contributed by atoms with E-state index >= 15 is 0 Å². The Morgan fingerprint density at radius 2 is 1.50 bits per heavy atom. The number of rotatable bonds is 4. The first-order chi connectivity index (χ1) is 11.9. The first-order valence-corrected chi connectivity index (χ1v) is 7.68. The van der Waals surface area contributed by atoms with Crippen molar-refractivity contribution in [3.05, 3.63) is 85.1 Å². The van der Waals surface area contributed by atoms with E-state index in [0.29, 0.717) is 6.54 Å². The lowest BCUT2D eigenvalue weighted by Crippen LogP contribution is -2.00. The second-order valence-electron chi connectivity index (χ2n) is 5.49. The smallest absolute Gasteiger partial charge is 0.115 e. The van der Waals surface area contributed by atoms with Gasteiger partial charge in [-0.25, -0.2) is 14.6 Å². The Morgan fingerprint density at radius 3 is 2.25 bits per heavy atom. The van der Waals surface area contributed by atoms with Gasteiger partial charge in [0.1, 0.15) is 12.0 Å². The van der Waals surface area contributed by atoms with Crippen LogP contribution in [0.25, 0.3) is 22.4 Å². The van der Waals surface area contributed by atoms with Crippen molar-refractivity contribution in [2.45, 2.75) is 6.54 Å². The Bertz CT molecular complexity index is 915. The molecule has 24 heavy (non-hydrogen) atoms. The lowest BCUT2D eigenvalue weighted by atomic mass is 10.1. The molecule has 2 aromatic heterocycles. The molecule has 2 heterocycles. The molecule has 0 saturated heterocycles. The summed E-state index contributed by atoms with van der Waals surface area (Å²) in [5.41, 5.74) is 5.23. The number of benzene rings is 2. The van der Waals surface area contributed by atoms with Gasteiger partial charge in [0, 0.05) is 23.5 Å². The van der Waals surface area contributed by atoms with Gasteiger partial charge in [0.05, 0.1) is 12.7 Å². The van der Waals surface area contributed by atoms with Gasteiger partial charge in [-0.15, -0.1) is 5.10 Å². The molecule has 0 atom stereocenters. The summed E-state index contributed by atoms with van der Waals surface area (Å²) in [7, 11) is 0. The zero-order valence-electron chi connectivity index (χ0n) is 12.9. The summed E-state index contributed by atoms with van der Waals surface area (Å²) >= 11 is 0. The molecule has 116 valence electrons. The highest BCUT2D eigenvalue weighted by Gasteiger charge is 2.04. The van der Waals surface area contributed by atoms with Crippen molar-refractivity contribution in [1.82, 2.24) is 25.0 Å². The largest absolute Gasteiger partial charge is 0.247 e.